The van der Waals surface area contributed by atoms with Crippen molar-refractivity contribution in [3.8, 4) is 0 Å². The number of ether oxygens (including phenoxy) is 1. The molecule has 0 bridgehead atoms. The summed E-state index contributed by atoms with van der Waals surface area (Å²) in [7, 11) is 1.52. The first kappa shape index (κ1) is 15.0. The number of hydrogen-bond donors (Lipinski definition) is 2. The molecule has 0 spiro atoms. The standard InChI is InChI=1S/C13H15IN2O4/c1-20-10-6-11(12(17)18)16(7-10)13(19)15-9-4-2-8(14)3-5-9/h2-5,10-11H,6-7H2,1H3,(H,15,19)(H,17,18). The van der Waals surface area contributed by atoms with Crippen LogP contribution in [0.5, 0.6) is 0 Å². The van der Waals surface area contributed by atoms with E-state index < -0.39 is 18.0 Å². The molecule has 2 amide bonds. The van der Waals surface area contributed by atoms with Crippen molar-refractivity contribution in [2.45, 2.75) is 18.6 Å². The number of nitrogens with zero attached hydrogens (tertiary/aromatic N) is 1. The van der Waals surface area contributed by atoms with Crippen LogP contribution in [-0.2, 0) is 9.53 Å². The van der Waals surface area contributed by atoms with Crippen LogP contribution >= 0.6 is 22.6 Å². The van der Waals surface area contributed by atoms with Crippen molar-refractivity contribution in [3.05, 3.63) is 27.8 Å². The molecule has 2 N–H and O–H groups in total. The van der Waals surface area contributed by atoms with Crippen LogP contribution in [0.2, 0.25) is 0 Å². The molecule has 1 fully saturated rings. The molecular formula is C13H15IN2O4. The van der Waals surface area contributed by atoms with Gasteiger partial charge in [0.25, 0.3) is 0 Å². The summed E-state index contributed by atoms with van der Waals surface area (Å²) in [5.41, 5.74) is 0.639. The third-order valence-corrected chi connectivity index (χ3v) is 3.96. The number of hydrogen-bond acceptors (Lipinski definition) is 3. The van der Waals surface area contributed by atoms with E-state index in [1.807, 2.05) is 12.1 Å². The van der Waals surface area contributed by atoms with Gasteiger partial charge in [0, 0.05) is 29.3 Å². The van der Waals surface area contributed by atoms with Crippen molar-refractivity contribution in [3.63, 3.8) is 0 Å². The molecule has 1 aliphatic rings. The number of amides is 2. The summed E-state index contributed by atoms with van der Waals surface area (Å²) >= 11 is 2.17. The maximum Gasteiger partial charge on any atom is 0.326 e. The molecule has 2 rings (SSSR count). The van der Waals surface area contributed by atoms with Gasteiger partial charge in [-0.25, -0.2) is 9.59 Å². The van der Waals surface area contributed by atoms with Gasteiger partial charge in [-0.05, 0) is 46.9 Å². The number of carboxylic acids is 1. The Bertz CT molecular complexity index is 506. The SMILES string of the molecule is COC1CC(C(=O)O)N(C(=O)Nc2ccc(I)cc2)C1. The third-order valence-electron chi connectivity index (χ3n) is 3.24. The zero-order valence-corrected chi connectivity index (χ0v) is 13.0. The summed E-state index contributed by atoms with van der Waals surface area (Å²) in [5.74, 6) is -1.01. The van der Waals surface area contributed by atoms with Gasteiger partial charge in [-0.1, -0.05) is 0 Å². The molecule has 1 aliphatic heterocycles. The highest BCUT2D eigenvalue weighted by Crippen LogP contribution is 2.22. The normalized spacial score (nSPS) is 21.8. The molecule has 2 atom stereocenters. The summed E-state index contributed by atoms with van der Waals surface area (Å²) in [6.07, 6.45) is 0.0740. The highest BCUT2D eigenvalue weighted by Gasteiger charge is 2.39. The summed E-state index contributed by atoms with van der Waals surface area (Å²) in [5, 5.41) is 11.9. The fourth-order valence-corrected chi connectivity index (χ4v) is 2.51. The number of nitrogens with one attached hydrogen (secondary N) is 1. The Labute approximate surface area is 130 Å². The third kappa shape index (κ3) is 3.40. The van der Waals surface area contributed by atoms with Crippen LogP contribution in [0.25, 0.3) is 0 Å². The highest BCUT2D eigenvalue weighted by atomic mass is 127. The maximum absolute atomic E-state index is 12.2. The van der Waals surface area contributed by atoms with Gasteiger partial charge < -0.3 is 20.1 Å². The average molecular weight is 390 g/mol. The second-order valence-electron chi connectivity index (χ2n) is 4.54. The summed E-state index contributed by atoms with van der Waals surface area (Å²) in [4.78, 5) is 24.7. The van der Waals surface area contributed by atoms with E-state index in [9.17, 15) is 14.7 Å². The molecular weight excluding hydrogens is 375 g/mol. The quantitative estimate of drug-likeness (QED) is 0.774. The van der Waals surface area contributed by atoms with E-state index in [1.54, 1.807) is 12.1 Å². The molecule has 6 nitrogen and oxygen atoms in total. The van der Waals surface area contributed by atoms with Crippen LogP contribution < -0.4 is 5.32 Å². The van der Waals surface area contributed by atoms with Gasteiger partial charge in [-0.2, -0.15) is 0 Å². The molecule has 2 unspecified atom stereocenters. The Morgan fingerprint density at radius 3 is 2.60 bits per heavy atom. The van der Waals surface area contributed by atoms with Gasteiger partial charge in [0.15, 0.2) is 0 Å². The van der Waals surface area contributed by atoms with E-state index in [0.29, 0.717) is 12.1 Å². The number of carbonyl (C=O) groups excluding carboxylic acids is 1. The molecule has 1 heterocycles. The van der Waals surface area contributed by atoms with Gasteiger partial charge in [0.2, 0.25) is 0 Å². The number of anilines is 1. The minimum atomic E-state index is -1.01. The molecule has 108 valence electrons. The minimum absolute atomic E-state index is 0.237. The number of rotatable bonds is 3. The van der Waals surface area contributed by atoms with E-state index in [1.165, 1.54) is 12.0 Å². The molecule has 0 radical (unpaired) electrons. The Morgan fingerprint density at radius 1 is 1.40 bits per heavy atom. The predicted molar refractivity (Wildman–Crippen MR) is 81.7 cm³/mol. The zero-order valence-electron chi connectivity index (χ0n) is 10.9. The lowest BCUT2D eigenvalue weighted by atomic mass is 10.2. The number of urea groups is 1. The maximum atomic E-state index is 12.2. The largest absolute Gasteiger partial charge is 0.480 e. The van der Waals surface area contributed by atoms with Gasteiger partial charge in [0.05, 0.1) is 6.10 Å². The molecule has 0 saturated carbocycles. The molecule has 0 aromatic heterocycles. The van der Waals surface area contributed by atoms with E-state index in [0.717, 1.165) is 3.57 Å². The summed E-state index contributed by atoms with van der Waals surface area (Å²) in [6.45, 7) is 0.281. The van der Waals surface area contributed by atoms with Crippen molar-refractivity contribution in [2.75, 3.05) is 19.0 Å². The number of carboxylic acid groups (broad SMARTS) is 1. The van der Waals surface area contributed by atoms with E-state index in [4.69, 9.17) is 4.74 Å². The number of halogens is 1. The highest BCUT2D eigenvalue weighted by molar-refractivity contribution is 14.1. The number of aliphatic carboxylic acids is 1. The van der Waals surface area contributed by atoms with Gasteiger partial charge in [0.1, 0.15) is 6.04 Å². The first-order valence-corrected chi connectivity index (χ1v) is 7.18. The van der Waals surface area contributed by atoms with E-state index in [-0.39, 0.29) is 12.6 Å². The Hall–Kier alpha value is -1.35. The predicted octanol–water partition coefficient (Wildman–Crippen LogP) is 2.00. The van der Waals surface area contributed by atoms with Crippen molar-refractivity contribution in [2.24, 2.45) is 0 Å². The van der Waals surface area contributed by atoms with Crippen molar-refractivity contribution < 1.29 is 19.4 Å². The Kier molecular flexibility index (Phi) is 4.81. The van der Waals surface area contributed by atoms with Crippen LogP contribution in [0.3, 0.4) is 0 Å². The van der Waals surface area contributed by atoms with Crippen molar-refractivity contribution in [1.82, 2.24) is 4.90 Å². The zero-order chi connectivity index (χ0) is 14.7. The van der Waals surface area contributed by atoms with Crippen LogP contribution in [0.4, 0.5) is 10.5 Å². The second kappa shape index (κ2) is 6.40. The lowest BCUT2D eigenvalue weighted by Crippen LogP contribution is -2.43. The second-order valence-corrected chi connectivity index (χ2v) is 5.78. The molecule has 1 saturated heterocycles. The molecule has 0 aliphatic carbocycles. The molecule has 20 heavy (non-hydrogen) atoms. The van der Waals surface area contributed by atoms with Crippen molar-refractivity contribution in [1.29, 1.82) is 0 Å². The Balaban J connectivity index is 2.07. The van der Waals surface area contributed by atoms with Crippen LogP contribution in [0, 0.1) is 3.57 Å². The van der Waals surface area contributed by atoms with Gasteiger partial charge in [-0.3, -0.25) is 0 Å². The minimum Gasteiger partial charge on any atom is -0.480 e. The first-order valence-electron chi connectivity index (χ1n) is 6.10. The fraction of sp³-hybridized carbons (Fsp3) is 0.385. The van der Waals surface area contributed by atoms with Crippen LogP contribution in [0.15, 0.2) is 24.3 Å². The van der Waals surface area contributed by atoms with E-state index >= 15 is 0 Å². The molecule has 7 heteroatoms. The number of carbonyl (C=O) groups is 2. The van der Waals surface area contributed by atoms with Crippen molar-refractivity contribution >= 4 is 40.3 Å². The monoisotopic (exact) mass is 390 g/mol. The average Bonchev–Trinajstić information content (AvgIpc) is 2.86. The van der Waals surface area contributed by atoms with Gasteiger partial charge in [-0.15, -0.1) is 0 Å². The fourth-order valence-electron chi connectivity index (χ4n) is 2.16. The Morgan fingerprint density at radius 2 is 2.05 bits per heavy atom. The van der Waals surface area contributed by atoms with Crippen LogP contribution in [0.1, 0.15) is 6.42 Å². The lowest BCUT2D eigenvalue weighted by molar-refractivity contribution is -0.141. The number of likely N-dealkylation sites (tertiary alicyclic amines) is 1. The lowest BCUT2D eigenvalue weighted by Gasteiger charge is -2.21. The topological polar surface area (TPSA) is 78.9 Å². The van der Waals surface area contributed by atoms with E-state index in [2.05, 4.69) is 27.9 Å². The van der Waals surface area contributed by atoms with Crippen LogP contribution in [-0.4, -0.2) is 47.8 Å². The number of methoxy groups -OCH3 is 1. The summed E-state index contributed by atoms with van der Waals surface area (Å²) < 4.78 is 6.21. The van der Waals surface area contributed by atoms with Gasteiger partial charge >= 0.3 is 12.0 Å². The number of benzene rings is 1. The summed E-state index contributed by atoms with van der Waals surface area (Å²) in [6, 6.07) is 6.03. The smallest absolute Gasteiger partial charge is 0.326 e. The first-order chi connectivity index (χ1) is 9.51. The molecule has 1 aromatic rings. The molecule has 1 aromatic carbocycles.